The number of benzene rings is 1. The molecule has 1 aromatic carbocycles. The van der Waals surface area contributed by atoms with Crippen molar-refractivity contribution in [2.45, 2.75) is 20.3 Å². The van der Waals surface area contributed by atoms with E-state index in [-0.39, 0.29) is 5.75 Å². The molecule has 0 heterocycles. The van der Waals surface area contributed by atoms with Crippen LogP contribution in [0.2, 0.25) is 0 Å². The molecule has 19 heavy (non-hydrogen) atoms. The molecule has 0 aromatic heterocycles. The van der Waals surface area contributed by atoms with Crippen molar-refractivity contribution in [3.05, 3.63) is 35.4 Å². The van der Waals surface area contributed by atoms with Gasteiger partial charge in [-0.25, -0.2) is 13.2 Å². The number of nitrogens with one attached hydrogen (secondary N) is 1. The van der Waals surface area contributed by atoms with Gasteiger partial charge in [-0.3, -0.25) is 4.72 Å². The molecule has 0 atom stereocenters. The van der Waals surface area contributed by atoms with Crippen LogP contribution in [0, 0.1) is 0 Å². The smallest absolute Gasteiger partial charge is 0.328 e. The van der Waals surface area contributed by atoms with Crippen LogP contribution in [0.4, 0.5) is 5.69 Å². The molecule has 0 bridgehead atoms. The number of carboxylic acids is 1. The zero-order valence-electron chi connectivity index (χ0n) is 10.9. The Bertz CT molecular complexity index is 591. The molecule has 0 saturated carbocycles. The highest BCUT2D eigenvalue weighted by atomic mass is 32.2. The van der Waals surface area contributed by atoms with Crippen molar-refractivity contribution >= 4 is 27.8 Å². The van der Waals surface area contributed by atoms with E-state index in [1.165, 1.54) is 6.08 Å². The molecule has 1 rings (SSSR count). The Labute approximate surface area is 113 Å². The summed E-state index contributed by atoms with van der Waals surface area (Å²) in [5, 5.41) is 8.56. The molecule has 0 aliphatic carbocycles. The quantitative estimate of drug-likeness (QED) is 0.783. The van der Waals surface area contributed by atoms with Gasteiger partial charge in [0.05, 0.1) is 11.4 Å². The van der Waals surface area contributed by atoms with Crippen molar-refractivity contribution in [3.63, 3.8) is 0 Å². The predicted molar refractivity (Wildman–Crippen MR) is 75.6 cm³/mol. The highest BCUT2D eigenvalue weighted by Crippen LogP contribution is 2.20. The molecule has 1 aromatic rings. The monoisotopic (exact) mass is 283 g/mol. The topological polar surface area (TPSA) is 83.5 Å². The lowest BCUT2D eigenvalue weighted by molar-refractivity contribution is -0.131. The number of carboxylic acid groups (broad SMARTS) is 1. The van der Waals surface area contributed by atoms with E-state index in [2.05, 4.69) is 4.72 Å². The van der Waals surface area contributed by atoms with Crippen LogP contribution < -0.4 is 4.72 Å². The van der Waals surface area contributed by atoms with Crippen LogP contribution in [0.25, 0.3) is 6.08 Å². The maximum Gasteiger partial charge on any atom is 0.328 e. The SMILES string of the molecule is CCc1cc(/C=C/C(=O)O)ccc1NS(=O)(=O)CC. The number of hydrogen-bond acceptors (Lipinski definition) is 3. The minimum atomic E-state index is -3.31. The van der Waals surface area contributed by atoms with Crippen LogP contribution in [-0.2, 0) is 21.2 Å². The first-order chi connectivity index (χ1) is 8.88. The second-order valence-electron chi connectivity index (χ2n) is 3.95. The van der Waals surface area contributed by atoms with Crippen LogP contribution in [0.5, 0.6) is 0 Å². The van der Waals surface area contributed by atoms with Crippen molar-refractivity contribution < 1.29 is 18.3 Å². The molecule has 2 N–H and O–H groups in total. The second kappa shape index (κ2) is 6.38. The van der Waals surface area contributed by atoms with Gasteiger partial charge < -0.3 is 5.11 Å². The van der Waals surface area contributed by atoms with E-state index in [9.17, 15) is 13.2 Å². The molecule has 0 amide bonds. The van der Waals surface area contributed by atoms with E-state index >= 15 is 0 Å². The van der Waals surface area contributed by atoms with Crippen LogP contribution in [-0.4, -0.2) is 25.2 Å². The fraction of sp³-hybridized carbons (Fsp3) is 0.308. The van der Waals surface area contributed by atoms with Crippen molar-refractivity contribution in [3.8, 4) is 0 Å². The number of hydrogen-bond donors (Lipinski definition) is 2. The van der Waals surface area contributed by atoms with Crippen LogP contribution in [0.1, 0.15) is 25.0 Å². The molecule has 0 aliphatic heterocycles. The lowest BCUT2D eigenvalue weighted by Crippen LogP contribution is -2.15. The van der Waals surface area contributed by atoms with E-state index in [4.69, 9.17) is 5.11 Å². The van der Waals surface area contributed by atoms with Crippen molar-refractivity contribution in [1.29, 1.82) is 0 Å². The first-order valence-corrected chi connectivity index (χ1v) is 7.57. The van der Waals surface area contributed by atoms with E-state index < -0.39 is 16.0 Å². The molecule has 104 valence electrons. The number of sulfonamides is 1. The minimum absolute atomic E-state index is 0.0107. The van der Waals surface area contributed by atoms with Crippen molar-refractivity contribution in [2.24, 2.45) is 0 Å². The minimum Gasteiger partial charge on any atom is -0.478 e. The van der Waals surface area contributed by atoms with Crippen LogP contribution >= 0.6 is 0 Å². The highest BCUT2D eigenvalue weighted by Gasteiger charge is 2.09. The summed E-state index contributed by atoms with van der Waals surface area (Å²) in [5.41, 5.74) is 2.08. The Morgan fingerprint density at radius 2 is 2.05 bits per heavy atom. The Balaban J connectivity index is 3.06. The molecular weight excluding hydrogens is 266 g/mol. The van der Waals surface area contributed by atoms with Gasteiger partial charge in [0.25, 0.3) is 0 Å². The number of anilines is 1. The molecule has 0 saturated heterocycles. The predicted octanol–water partition coefficient (Wildman–Crippen LogP) is 2.11. The summed E-state index contributed by atoms with van der Waals surface area (Å²) in [6.07, 6.45) is 3.17. The Morgan fingerprint density at radius 1 is 1.37 bits per heavy atom. The molecule has 0 aliphatic rings. The Morgan fingerprint density at radius 3 is 2.58 bits per heavy atom. The van der Waals surface area contributed by atoms with Gasteiger partial charge >= 0.3 is 5.97 Å². The van der Waals surface area contributed by atoms with E-state index in [1.807, 2.05) is 6.92 Å². The molecule has 0 radical (unpaired) electrons. The zero-order valence-corrected chi connectivity index (χ0v) is 11.7. The maximum atomic E-state index is 11.5. The zero-order chi connectivity index (χ0) is 14.5. The van der Waals surface area contributed by atoms with Gasteiger partial charge in [-0.1, -0.05) is 13.0 Å². The summed E-state index contributed by atoms with van der Waals surface area (Å²) in [7, 11) is -3.31. The molecular formula is C13H17NO4S. The van der Waals surface area contributed by atoms with Gasteiger partial charge in [0.2, 0.25) is 10.0 Å². The fourth-order valence-electron chi connectivity index (χ4n) is 1.52. The van der Waals surface area contributed by atoms with E-state index in [0.29, 0.717) is 12.1 Å². The standard InChI is InChI=1S/C13H17NO4S/c1-3-11-9-10(6-8-13(15)16)5-7-12(11)14-19(17,18)4-2/h5-9,14H,3-4H2,1-2H3,(H,15,16)/b8-6+. The van der Waals surface area contributed by atoms with Gasteiger partial charge in [0.1, 0.15) is 0 Å². The normalized spacial score (nSPS) is 11.7. The highest BCUT2D eigenvalue weighted by molar-refractivity contribution is 7.92. The van der Waals surface area contributed by atoms with Crippen LogP contribution in [0.15, 0.2) is 24.3 Å². The van der Waals surface area contributed by atoms with Gasteiger partial charge in [-0.05, 0) is 42.7 Å². The third-order valence-electron chi connectivity index (χ3n) is 2.57. The summed E-state index contributed by atoms with van der Waals surface area (Å²) in [4.78, 5) is 10.4. The molecule has 6 heteroatoms. The van der Waals surface area contributed by atoms with Gasteiger partial charge in [-0.15, -0.1) is 0 Å². The molecule has 0 spiro atoms. The summed E-state index contributed by atoms with van der Waals surface area (Å²) >= 11 is 0. The molecule has 0 unspecified atom stereocenters. The van der Waals surface area contributed by atoms with Crippen molar-refractivity contribution in [1.82, 2.24) is 0 Å². The maximum absolute atomic E-state index is 11.5. The van der Waals surface area contributed by atoms with Gasteiger partial charge in [0.15, 0.2) is 0 Å². The largest absolute Gasteiger partial charge is 0.478 e. The first-order valence-electron chi connectivity index (χ1n) is 5.92. The summed E-state index contributed by atoms with van der Waals surface area (Å²) in [6, 6.07) is 5.09. The number of aryl methyl sites for hydroxylation is 1. The number of carbonyl (C=O) groups is 1. The number of rotatable bonds is 6. The van der Waals surface area contributed by atoms with Crippen LogP contribution in [0.3, 0.4) is 0 Å². The summed E-state index contributed by atoms with van der Waals surface area (Å²) in [5.74, 6) is -1.01. The Hall–Kier alpha value is -1.82. The summed E-state index contributed by atoms with van der Waals surface area (Å²) in [6.45, 7) is 3.47. The third kappa shape index (κ3) is 4.75. The van der Waals surface area contributed by atoms with Crippen molar-refractivity contribution in [2.75, 3.05) is 10.5 Å². The number of aliphatic carboxylic acids is 1. The Kier molecular flexibility index (Phi) is 5.11. The first kappa shape index (κ1) is 15.2. The average molecular weight is 283 g/mol. The van der Waals surface area contributed by atoms with E-state index in [0.717, 1.165) is 17.2 Å². The average Bonchev–Trinajstić information content (AvgIpc) is 2.37. The van der Waals surface area contributed by atoms with Gasteiger partial charge in [-0.2, -0.15) is 0 Å². The van der Waals surface area contributed by atoms with E-state index in [1.54, 1.807) is 25.1 Å². The lowest BCUT2D eigenvalue weighted by Gasteiger charge is -2.11. The lowest BCUT2D eigenvalue weighted by atomic mass is 10.1. The molecule has 0 fully saturated rings. The third-order valence-corrected chi connectivity index (χ3v) is 3.87. The van der Waals surface area contributed by atoms with Gasteiger partial charge in [0, 0.05) is 6.08 Å². The fourth-order valence-corrected chi connectivity index (χ4v) is 2.20. The summed E-state index contributed by atoms with van der Waals surface area (Å²) < 4.78 is 25.6. The molecule has 5 nitrogen and oxygen atoms in total. The second-order valence-corrected chi connectivity index (χ2v) is 5.96.